The summed E-state index contributed by atoms with van der Waals surface area (Å²) in [4.78, 5) is 32.9. The van der Waals surface area contributed by atoms with Gasteiger partial charge in [0, 0.05) is 194 Å². The highest BCUT2D eigenvalue weighted by atomic mass is 35.5. The third-order valence-corrected chi connectivity index (χ3v) is 25.3. The number of hydrogen-bond donors (Lipinski definition) is 2. The third-order valence-electron chi connectivity index (χ3n) is 25.1. The number of fused-ring (bicyclic) bond motifs is 20. The first kappa shape index (κ1) is 70.6. The first-order valence-electron chi connectivity index (χ1n) is 39.8. The maximum absolute atomic E-state index is 10.9. The van der Waals surface area contributed by atoms with E-state index in [9.17, 15) is 10.2 Å². The molecule has 0 amide bonds. The van der Waals surface area contributed by atoms with Crippen LogP contribution in [-0.2, 0) is 58.3 Å². The summed E-state index contributed by atoms with van der Waals surface area (Å²) in [6.07, 6.45) is 30.2. The first-order chi connectivity index (χ1) is 51.9. The average Bonchev–Trinajstić information content (AvgIpc) is 1.60. The van der Waals surface area contributed by atoms with Crippen LogP contribution in [0.3, 0.4) is 0 Å². The summed E-state index contributed by atoms with van der Waals surface area (Å²) in [6, 6.07) is 43.1. The minimum absolute atomic E-state index is 0.454. The summed E-state index contributed by atoms with van der Waals surface area (Å²) in [7, 11) is 0. The normalized spacial score (nSPS) is 20.7. The summed E-state index contributed by atoms with van der Waals surface area (Å²) < 4.78 is 9.76. The molecule has 0 bridgehead atoms. The lowest BCUT2D eigenvalue weighted by atomic mass is 9.89. The Bertz CT molecular complexity index is 4950. The van der Waals surface area contributed by atoms with Crippen LogP contribution in [0.4, 0.5) is 0 Å². The van der Waals surface area contributed by atoms with Crippen molar-refractivity contribution in [2.45, 2.75) is 199 Å². The van der Waals surface area contributed by atoms with E-state index in [1.54, 1.807) is 36.5 Å². The van der Waals surface area contributed by atoms with Crippen LogP contribution in [0.15, 0.2) is 159 Å². The van der Waals surface area contributed by atoms with Crippen molar-refractivity contribution < 1.29 is 10.2 Å². The molecule has 7 atom stereocenters. The molecule has 0 saturated carbocycles. The summed E-state index contributed by atoms with van der Waals surface area (Å²) in [5.74, 6) is 0.454. The molecule has 7 unspecified atom stereocenters. The molecule has 3 aromatic carbocycles. The van der Waals surface area contributed by atoms with Crippen molar-refractivity contribution in [2.24, 2.45) is 0 Å². The Balaban J connectivity index is 0.000000104. The number of aliphatic hydroxyl groups excluding tert-OH is 2. The molecule has 8 aliphatic heterocycles. The van der Waals surface area contributed by atoms with E-state index in [-0.39, 0.29) is 0 Å². The zero-order valence-electron chi connectivity index (χ0n) is 62.7. The number of pyridine rings is 5. The molecule has 0 spiro atoms. The molecule has 20 rings (SSSR count). The fraction of sp³-hybridized carbons (Fsp3) is 0.433. The highest BCUT2D eigenvalue weighted by Gasteiger charge is 2.40. The van der Waals surface area contributed by atoms with E-state index in [4.69, 9.17) is 21.6 Å². The largest absolute Gasteiger partial charge is 0.387 e. The van der Waals surface area contributed by atoms with Gasteiger partial charge in [-0.25, -0.2) is 9.97 Å². The Labute approximate surface area is 629 Å². The van der Waals surface area contributed by atoms with Gasteiger partial charge in [0.25, 0.3) is 0 Å². The number of rotatable bonds is 12. The zero-order chi connectivity index (χ0) is 72.1. The molecule has 12 aromatic rings. The van der Waals surface area contributed by atoms with E-state index in [0.717, 1.165) is 85.8 Å². The Kier molecular flexibility index (Phi) is 20.4. The standard InChI is InChI=1S/C23H28N4.C23H27N3O.C22H24ClN3.C22H25N3O/c1-16-13-19-22-20-5-3-4-10-26(20)11-9-21(22)27(23(19)25-14-16)12-8-18-7-6-17(2)24-15-18;1-16-5-6-19-18(14-16)23-20-4-2-3-12-25(20)13-9-21(23)26(19)15-22(27)17-7-10-24-11-8-17;1-15(16-6-3-2-4-7-16)14-26-20-9-11-25-10-5-8-19(25)21(20)18-12-17(23)13-24-22(18)26;1-15-4-5-18-17(13-15)22-19-3-2-11-24(19)12-8-20(22)25(18)14-21(26)16-6-9-23-10-7-16/h6-7,13-15,20H,3-5,8-12H2,1-2H3;5-8,10-11,14,20,22,27H,2-4,9,12-13,15H2,1H3;2-4,6-7,12-13,15,19H,5,8-11,14H2,1H3;4-7,9-10,13,19,21,26H,2-3,8,11-12,14H2,1H3. The molecule has 9 aromatic heterocycles. The van der Waals surface area contributed by atoms with Crippen LogP contribution in [0, 0.1) is 27.7 Å². The van der Waals surface area contributed by atoms with Crippen molar-refractivity contribution in [3.05, 3.63) is 253 Å². The van der Waals surface area contributed by atoms with Gasteiger partial charge in [-0.05, 0) is 234 Å². The predicted octanol–water partition coefficient (Wildman–Crippen LogP) is 17.5. The van der Waals surface area contributed by atoms with Gasteiger partial charge in [0.2, 0.25) is 0 Å². The second-order valence-corrected chi connectivity index (χ2v) is 32.3. The highest BCUT2D eigenvalue weighted by Crippen LogP contribution is 2.48. The molecule has 16 heteroatoms. The van der Waals surface area contributed by atoms with Crippen molar-refractivity contribution in [1.82, 2.24) is 62.8 Å². The summed E-state index contributed by atoms with van der Waals surface area (Å²) in [6.45, 7) is 23.6. The third kappa shape index (κ3) is 13.8. The van der Waals surface area contributed by atoms with Crippen molar-refractivity contribution in [1.29, 1.82) is 0 Å². The number of piperidine rings is 2. The maximum atomic E-state index is 10.9. The summed E-state index contributed by atoms with van der Waals surface area (Å²) >= 11 is 6.33. The molecule has 548 valence electrons. The van der Waals surface area contributed by atoms with E-state index >= 15 is 0 Å². The number of aryl methyl sites for hydroxylation is 6. The molecule has 106 heavy (non-hydrogen) atoms. The lowest BCUT2D eigenvalue weighted by Gasteiger charge is -2.40. The maximum Gasteiger partial charge on any atom is 0.140 e. The Hall–Kier alpha value is -8.38. The van der Waals surface area contributed by atoms with Crippen molar-refractivity contribution in [3.8, 4) is 0 Å². The summed E-state index contributed by atoms with van der Waals surface area (Å²) in [5, 5.41) is 27.9. The quantitative estimate of drug-likeness (QED) is 0.121. The predicted molar refractivity (Wildman–Crippen MR) is 427 cm³/mol. The molecule has 17 heterocycles. The van der Waals surface area contributed by atoms with Crippen LogP contribution in [0.1, 0.15) is 203 Å². The van der Waals surface area contributed by atoms with Gasteiger partial charge in [-0.15, -0.1) is 0 Å². The number of nitrogens with zero attached hydrogens (tertiary/aromatic N) is 13. The van der Waals surface area contributed by atoms with Gasteiger partial charge < -0.3 is 28.5 Å². The molecule has 4 saturated heterocycles. The van der Waals surface area contributed by atoms with E-state index in [1.165, 1.54) is 209 Å². The highest BCUT2D eigenvalue weighted by molar-refractivity contribution is 6.31. The van der Waals surface area contributed by atoms with Gasteiger partial charge in [-0.1, -0.05) is 91.0 Å². The van der Waals surface area contributed by atoms with E-state index in [1.807, 2.05) is 43.6 Å². The first-order valence-corrected chi connectivity index (χ1v) is 40.2. The zero-order valence-corrected chi connectivity index (χ0v) is 63.5. The monoisotopic (exact) mass is 1430 g/mol. The number of aromatic nitrogens is 9. The lowest BCUT2D eigenvalue weighted by Crippen LogP contribution is -2.39. The van der Waals surface area contributed by atoms with Crippen molar-refractivity contribution >= 4 is 55.5 Å². The van der Waals surface area contributed by atoms with Gasteiger partial charge in [0.1, 0.15) is 11.3 Å². The van der Waals surface area contributed by atoms with Crippen LogP contribution in [0.25, 0.3) is 43.9 Å². The molecule has 8 aliphatic rings. The molecular weight excluding hydrogens is 1330 g/mol. The van der Waals surface area contributed by atoms with Crippen LogP contribution in [0.5, 0.6) is 0 Å². The number of halogens is 1. The summed E-state index contributed by atoms with van der Waals surface area (Å²) in [5.41, 5.74) is 26.4. The SMILES string of the molecule is CC(Cn1c2c(c3cc(Cl)cnc31)C1CCCN1CC2)c1ccccc1.Cc1ccc2c(c1)c1c(n2CC(O)c2ccncc2)CCN2CCCC12.Cc1ccc2c(c1)c1c(n2CC(O)c2ccncc2)CCN2CCCCC12.Cc1cnc2c(c1)c1c(n2CCc2ccc(C)nc2)CCN2CCCCC12. The lowest BCUT2D eigenvalue weighted by molar-refractivity contribution is 0.133. The van der Waals surface area contributed by atoms with Gasteiger partial charge in [0.15, 0.2) is 0 Å². The molecule has 2 N–H and O–H groups in total. The molecule has 15 nitrogen and oxygen atoms in total. The fourth-order valence-electron chi connectivity index (χ4n) is 20.0. The van der Waals surface area contributed by atoms with E-state index < -0.39 is 12.2 Å². The van der Waals surface area contributed by atoms with E-state index in [0.29, 0.717) is 43.2 Å². The Morgan fingerprint density at radius 3 is 1.39 bits per heavy atom. The molecular formula is C90H104ClN13O2. The van der Waals surface area contributed by atoms with Crippen LogP contribution >= 0.6 is 11.6 Å². The van der Waals surface area contributed by atoms with Gasteiger partial charge in [-0.3, -0.25) is 34.6 Å². The topological polar surface area (TPSA) is 138 Å². The van der Waals surface area contributed by atoms with E-state index in [2.05, 4.69) is 172 Å². The van der Waals surface area contributed by atoms with Crippen LogP contribution < -0.4 is 0 Å². The molecule has 4 fully saturated rings. The van der Waals surface area contributed by atoms with Gasteiger partial charge in [0.05, 0.1) is 30.3 Å². The smallest absolute Gasteiger partial charge is 0.140 e. The number of benzene rings is 3. The van der Waals surface area contributed by atoms with Crippen molar-refractivity contribution in [2.75, 3.05) is 52.4 Å². The molecule has 0 aliphatic carbocycles. The van der Waals surface area contributed by atoms with Gasteiger partial charge in [-0.2, -0.15) is 0 Å². The second-order valence-electron chi connectivity index (χ2n) is 31.8. The minimum atomic E-state index is -0.515. The van der Waals surface area contributed by atoms with Gasteiger partial charge >= 0.3 is 0 Å². The number of aliphatic hydroxyl groups is 2. The number of hydrogen-bond acceptors (Lipinski definition) is 11. The minimum Gasteiger partial charge on any atom is -0.387 e. The van der Waals surface area contributed by atoms with Crippen LogP contribution in [0.2, 0.25) is 5.02 Å². The Morgan fingerprint density at radius 1 is 0.415 bits per heavy atom. The molecule has 0 radical (unpaired) electrons. The second kappa shape index (κ2) is 30.7. The Morgan fingerprint density at radius 2 is 0.868 bits per heavy atom. The fourth-order valence-corrected chi connectivity index (χ4v) is 20.1. The average molecular weight is 1440 g/mol. The van der Waals surface area contributed by atoms with Crippen molar-refractivity contribution in [3.63, 3.8) is 0 Å². The van der Waals surface area contributed by atoms with Crippen LogP contribution in [-0.4, -0.2) is 125 Å².